The molecule has 0 N–H and O–H groups in total. The highest BCUT2D eigenvalue weighted by Gasteiger charge is 2.12. The van der Waals surface area contributed by atoms with Gasteiger partial charge in [-0.1, -0.05) is 91.0 Å². The number of aromatic nitrogens is 2. The lowest BCUT2D eigenvalue weighted by molar-refractivity contribution is 1.19. The Kier molecular flexibility index (Phi) is 3.80. The van der Waals surface area contributed by atoms with E-state index in [0.29, 0.717) is 0 Å². The van der Waals surface area contributed by atoms with Crippen molar-refractivity contribution in [2.45, 2.75) is 0 Å². The summed E-state index contributed by atoms with van der Waals surface area (Å²) in [6, 6.07) is 33.5. The summed E-state index contributed by atoms with van der Waals surface area (Å²) in [5.74, 6) is 0. The molecule has 5 aromatic rings. The maximum absolute atomic E-state index is 4.96. The fourth-order valence-corrected chi connectivity index (χ4v) is 3.47. The molecule has 5 rings (SSSR count). The summed E-state index contributed by atoms with van der Waals surface area (Å²) in [5, 5.41) is 0. The van der Waals surface area contributed by atoms with Crippen LogP contribution in [0.4, 0.5) is 0 Å². The Hall–Kier alpha value is -3.65. The van der Waals surface area contributed by atoms with Crippen LogP contribution in [0.15, 0.2) is 109 Å². The van der Waals surface area contributed by atoms with E-state index < -0.39 is 0 Å². The molecule has 3 aromatic carbocycles. The zero-order valence-corrected chi connectivity index (χ0v) is 14.8. The molecule has 0 aliphatic carbocycles. The highest BCUT2D eigenvalue weighted by molar-refractivity contribution is 5.84. The second kappa shape index (κ2) is 6.58. The van der Waals surface area contributed by atoms with Crippen molar-refractivity contribution in [2.24, 2.45) is 0 Å². The van der Waals surface area contributed by atoms with Crippen molar-refractivity contribution in [1.29, 1.82) is 0 Å². The number of pyridine rings is 1. The maximum atomic E-state index is 4.96. The number of hydrogen-bond donors (Lipinski definition) is 0. The van der Waals surface area contributed by atoms with Crippen LogP contribution < -0.4 is 0 Å². The second-order valence-corrected chi connectivity index (χ2v) is 6.60. The molecule has 0 spiro atoms. The summed E-state index contributed by atoms with van der Waals surface area (Å²) in [6.45, 7) is 0. The van der Waals surface area contributed by atoms with E-state index in [-0.39, 0.29) is 0 Å². The van der Waals surface area contributed by atoms with E-state index in [1.807, 2.05) is 30.3 Å². The van der Waals surface area contributed by atoms with Crippen LogP contribution in [0.1, 0.15) is 0 Å². The Bertz CT molecular complexity index is 1190. The molecule has 0 saturated heterocycles. The highest BCUT2D eigenvalue weighted by atomic mass is 15.0. The molecular weight excluding hydrogens is 328 g/mol. The van der Waals surface area contributed by atoms with Gasteiger partial charge in [-0.15, -0.1) is 0 Å². The lowest BCUT2D eigenvalue weighted by Crippen LogP contribution is -1.90. The van der Waals surface area contributed by atoms with E-state index in [1.54, 1.807) is 0 Å². The van der Waals surface area contributed by atoms with Gasteiger partial charge in [-0.05, 0) is 22.8 Å². The van der Waals surface area contributed by atoms with Gasteiger partial charge in [-0.3, -0.25) is 0 Å². The van der Waals surface area contributed by atoms with E-state index in [4.69, 9.17) is 4.98 Å². The third kappa shape index (κ3) is 2.91. The van der Waals surface area contributed by atoms with Gasteiger partial charge in [-0.2, -0.15) is 0 Å². The first-order valence-electron chi connectivity index (χ1n) is 9.07. The maximum Gasteiger partial charge on any atom is 0.145 e. The number of benzene rings is 3. The molecular formula is C25H18N2. The predicted octanol–water partition coefficient (Wildman–Crippen LogP) is 6.34. The van der Waals surface area contributed by atoms with Crippen molar-refractivity contribution in [3.63, 3.8) is 0 Å². The van der Waals surface area contributed by atoms with E-state index in [2.05, 4.69) is 83.5 Å². The molecule has 27 heavy (non-hydrogen) atoms. The fraction of sp³-hybridized carbons (Fsp3) is 0. The van der Waals surface area contributed by atoms with Crippen molar-refractivity contribution in [3.8, 4) is 33.5 Å². The van der Waals surface area contributed by atoms with Gasteiger partial charge in [0, 0.05) is 23.5 Å². The molecule has 0 atom stereocenters. The zero-order chi connectivity index (χ0) is 18.1. The Morgan fingerprint density at radius 2 is 1.07 bits per heavy atom. The third-order valence-corrected chi connectivity index (χ3v) is 4.81. The number of rotatable bonds is 3. The van der Waals surface area contributed by atoms with Crippen LogP contribution in [0, 0.1) is 0 Å². The fourth-order valence-electron chi connectivity index (χ4n) is 3.47. The zero-order valence-electron chi connectivity index (χ0n) is 14.8. The summed E-state index contributed by atoms with van der Waals surface area (Å²) in [4.78, 5) is 4.96. The Morgan fingerprint density at radius 3 is 1.70 bits per heavy atom. The van der Waals surface area contributed by atoms with Crippen LogP contribution in [0.5, 0.6) is 0 Å². The average Bonchev–Trinajstić information content (AvgIpc) is 3.19. The van der Waals surface area contributed by atoms with Gasteiger partial charge in [0.2, 0.25) is 0 Å². The molecule has 0 unspecified atom stereocenters. The number of hydrogen-bond acceptors (Lipinski definition) is 1. The first-order valence-corrected chi connectivity index (χ1v) is 9.07. The first-order chi connectivity index (χ1) is 13.4. The Morgan fingerprint density at radius 1 is 0.519 bits per heavy atom. The molecule has 0 saturated carbocycles. The summed E-state index contributed by atoms with van der Waals surface area (Å²) >= 11 is 0. The summed E-state index contributed by atoms with van der Waals surface area (Å²) in [7, 11) is 0. The normalized spacial score (nSPS) is 11.0. The van der Waals surface area contributed by atoms with Gasteiger partial charge in [0.25, 0.3) is 0 Å². The summed E-state index contributed by atoms with van der Waals surface area (Å²) in [5.41, 5.74) is 7.77. The van der Waals surface area contributed by atoms with Crippen molar-refractivity contribution in [3.05, 3.63) is 109 Å². The largest absolute Gasteiger partial charge is 0.305 e. The molecule has 0 aliphatic heterocycles. The summed E-state index contributed by atoms with van der Waals surface area (Å²) < 4.78 is 2.15. The molecule has 0 aliphatic rings. The van der Waals surface area contributed by atoms with Gasteiger partial charge in [0.15, 0.2) is 0 Å². The number of nitrogens with zero attached hydrogens (tertiary/aromatic N) is 2. The number of fused-ring (bicyclic) bond motifs is 1. The van der Waals surface area contributed by atoms with Crippen molar-refractivity contribution in [2.75, 3.05) is 0 Å². The van der Waals surface area contributed by atoms with Gasteiger partial charge < -0.3 is 4.40 Å². The second-order valence-electron chi connectivity index (χ2n) is 6.60. The van der Waals surface area contributed by atoms with Crippen LogP contribution in [0.3, 0.4) is 0 Å². The van der Waals surface area contributed by atoms with Gasteiger partial charge >= 0.3 is 0 Å². The highest BCUT2D eigenvalue weighted by Crippen LogP contribution is 2.31. The topological polar surface area (TPSA) is 17.3 Å². The molecule has 2 heterocycles. The quantitative estimate of drug-likeness (QED) is 0.373. The molecule has 0 radical (unpaired) electrons. The van der Waals surface area contributed by atoms with Gasteiger partial charge in [-0.25, -0.2) is 4.98 Å². The Labute approximate surface area is 158 Å². The lowest BCUT2D eigenvalue weighted by atomic mass is 10.0. The third-order valence-electron chi connectivity index (χ3n) is 4.81. The standard InChI is InChI=1S/C25H18N2/c1-4-10-19(11-5-1)22-16-23(20-12-6-2-7-13-20)25-26-24(18-27(25)17-22)21-14-8-3-9-15-21/h1-18H. The van der Waals surface area contributed by atoms with Crippen LogP contribution >= 0.6 is 0 Å². The summed E-state index contributed by atoms with van der Waals surface area (Å²) in [6.07, 6.45) is 4.28. The van der Waals surface area contributed by atoms with Crippen LogP contribution in [-0.2, 0) is 0 Å². The van der Waals surface area contributed by atoms with Crippen LogP contribution in [-0.4, -0.2) is 9.38 Å². The van der Waals surface area contributed by atoms with Gasteiger partial charge in [0.1, 0.15) is 5.65 Å². The van der Waals surface area contributed by atoms with Gasteiger partial charge in [0.05, 0.1) is 5.69 Å². The van der Waals surface area contributed by atoms with E-state index in [1.165, 1.54) is 16.7 Å². The van der Waals surface area contributed by atoms with E-state index in [0.717, 1.165) is 22.5 Å². The lowest BCUT2D eigenvalue weighted by Gasteiger charge is -2.09. The molecule has 0 fully saturated rings. The SMILES string of the molecule is c1ccc(-c2cc(-c3ccccc3)c3nc(-c4ccccc4)cn3c2)cc1. The van der Waals surface area contributed by atoms with Crippen molar-refractivity contribution >= 4 is 5.65 Å². The van der Waals surface area contributed by atoms with E-state index >= 15 is 0 Å². The number of imidazole rings is 1. The predicted molar refractivity (Wildman–Crippen MR) is 112 cm³/mol. The molecule has 2 aromatic heterocycles. The minimum Gasteiger partial charge on any atom is -0.305 e. The average molecular weight is 346 g/mol. The smallest absolute Gasteiger partial charge is 0.145 e. The van der Waals surface area contributed by atoms with Crippen molar-refractivity contribution < 1.29 is 0 Å². The van der Waals surface area contributed by atoms with Crippen LogP contribution in [0.2, 0.25) is 0 Å². The Balaban J connectivity index is 1.78. The van der Waals surface area contributed by atoms with Crippen LogP contribution in [0.25, 0.3) is 39.2 Å². The first kappa shape index (κ1) is 15.6. The molecule has 2 heteroatoms. The minimum absolute atomic E-state index is 0.972. The molecule has 2 nitrogen and oxygen atoms in total. The van der Waals surface area contributed by atoms with Crippen molar-refractivity contribution in [1.82, 2.24) is 9.38 Å². The monoisotopic (exact) mass is 346 g/mol. The molecule has 128 valence electrons. The molecule has 0 bridgehead atoms. The van der Waals surface area contributed by atoms with E-state index in [9.17, 15) is 0 Å². The minimum atomic E-state index is 0.972. The molecule has 0 amide bonds.